The van der Waals surface area contributed by atoms with Crippen molar-refractivity contribution < 1.29 is 33.8 Å². The molecule has 2 atom stereocenters. The number of rotatable bonds is 16. The van der Waals surface area contributed by atoms with Crippen molar-refractivity contribution in [3.05, 3.63) is 47.5 Å². The van der Waals surface area contributed by atoms with Gasteiger partial charge in [-0.25, -0.2) is 4.79 Å². The molecular weight excluding hydrogens is 546 g/mol. The maximum atomic E-state index is 12.4. The number of alkyl carbamates (subject to hydrolysis) is 1. The Balaban J connectivity index is 1.53. The minimum atomic E-state index is -0.707. The molecule has 1 saturated heterocycles. The minimum Gasteiger partial charge on any atom is -0.464 e. The van der Waals surface area contributed by atoms with Crippen molar-refractivity contribution in [2.75, 3.05) is 37.7 Å². The number of thioether (sulfide) groups is 1. The maximum absolute atomic E-state index is 12.4. The summed E-state index contributed by atoms with van der Waals surface area (Å²) in [6, 6.07) is 8.11. The van der Waals surface area contributed by atoms with Crippen LogP contribution in [-0.2, 0) is 30.3 Å². The average Bonchev–Trinajstić information content (AvgIpc) is 3.24. The van der Waals surface area contributed by atoms with Crippen molar-refractivity contribution in [2.45, 2.75) is 77.5 Å². The number of benzene rings is 1. The summed E-state index contributed by atoms with van der Waals surface area (Å²) >= 11 is 1.75. The highest BCUT2D eigenvalue weighted by molar-refractivity contribution is 7.99. The van der Waals surface area contributed by atoms with Gasteiger partial charge in [-0.15, -0.1) is 0 Å². The molecule has 0 aliphatic carbocycles. The zero-order valence-corrected chi connectivity index (χ0v) is 25.5. The third-order valence-electron chi connectivity index (χ3n) is 6.10. The summed E-state index contributed by atoms with van der Waals surface area (Å²) in [6.45, 7) is 7.53. The molecule has 1 heterocycles. The molecule has 1 aromatic rings. The van der Waals surface area contributed by atoms with Crippen molar-refractivity contribution in [2.24, 2.45) is 0 Å². The number of carbonyl (C=O) groups excluding carboxylic acids is 4. The van der Waals surface area contributed by atoms with E-state index in [2.05, 4.69) is 16.7 Å². The number of esters is 1. The summed E-state index contributed by atoms with van der Waals surface area (Å²) in [5, 5.41) is 15.1. The molecule has 0 spiro atoms. The first kappa shape index (κ1) is 34.2. The summed E-state index contributed by atoms with van der Waals surface area (Å²) < 4.78 is 10.2. The van der Waals surface area contributed by atoms with Gasteiger partial charge in [0.05, 0.1) is 18.8 Å². The highest BCUT2D eigenvalue weighted by Crippen LogP contribution is 2.21. The Labute approximate surface area is 247 Å². The van der Waals surface area contributed by atoms with Crippen molar-refractivity contribution in [3.8, 4) is 0 Å². The molecule has 2 rings (SSSR count). The van der Waals surface area contributed by atoms with E-state index in [1.165, 1.54) is 0 Å². The quantitative estimate of drug-likeness (QED) is 0.152. The van der Waals surface area contributed by atoms with Crippen LogP contribution in [0.25, 0.3) is 0 Å². The lowest BCUT2D eigenvalue weighted by Crippen LogP contribution is -2.41. The van der Waals surface area contributed by atoms with Crippen LogP contribution in [0.4, 0.5) is 4.79 Å². The van der Waals surface area contributed by atoms with Gasteiger partial charge in [-0.05, 0) is 58.3 Å². The van der Waals surface area contributed by atoms with Gasteiger partial charge in [0.2, 0.25) is 11.8 Å². The van der Waals surface area contributed by atoms with Gasteiger partial charge in [0.1, 0.15) is 18.7 Å². The normalized spacial score (nSPS) is 16.1. The topological polar surface area (TPSA) is 134 Å². The van der Waals surface area contributed by atoms with Crippen LogP contribution in [0.5, 0.6) is 0 Å². The molecule has 3 N–H and O–H groups in total. The number of nitrogens with one attached hydrogen (secondary N) is 2. The molecule has 0 radical (unpaired) electrons. The van der Waals surface area contributed by atoms with Crippen LogP contribution in [-0.4, -0.2) is 89.4 Å². The van der Waals surface area contributed by atoms with Gasteiger partial charge in [0.15, 0.2) is 0 Å². The molecule has 41 heavy (non-hydrogen) atoms. The van der Waals surface area contributed by atoms with Crippen LogP contribution < -0.4 is 10.6 Å². The summed E-state index contributed by atoms with van der Waals surface area (Å²) in [7, 11) is 0. The van der Waals surface area contributed by atoms with Gasteiger partial charge >= 0.3 is 12.1 Å². The number of carbonyl (C=O) groups is 4. The van der Waals surface area contributed by atoms with Crippen molar-refractivity contribution in [1.82, 2.24) is 15.5 Å². The first-order chi connectivity index (χ1) is 19.4. The lowest BCUT2D eigenvalue weighted by molar-refractivity contribution is -0.144. The number of amides is 3. The lowest BCUT2D eigenvalue weighted by atomic mass is 10.0. The standard InChI is InChI=1S/C30H45N3O7S/c1-22-8-7-9-23(18-22)19-25(34)12-10-24-11-13-27(36)33(24)14-17-41-16-6-5-15-39-28(37)21-31-26(35)20-32-29(38)40-30(2,3)4/h7-10,12,18,24-25,34H,5-6,11,13-17,19-21H2,1-4H3,(H,31,35)(H,32,38)/b12-10+/t24-,25+/m0/s1. The maximum Gasteiger partial charge on any atom is 0.408 e. The molecule has 0 unspecified atom stereocenters. The second-order valence-electron chi connectivity index (χ2n) is 11.0. The zero-order valence-electron chi connectivity index (χ0n) is 24.6. The van der Waals surface area contributed by atoms with E-state index in [1.807, 2.05) is 36.1 Å². The third-order valence-corrected chi connectivity index (χ3v) is 7.15. The number of nitrogens with zero attached hydrogens (tertiary/aromatic N) is 1. The minimum absolute atomic E-state index is 0.0169. The van der Waals surface area contributed by atoms with Gasteiger partial charge in [-0.1, -0.05) is 42.0 Å². The first-order valence-electron chi connectivity index (χ1n) is 14.1. The van der Waals surface area contributed by atoms with E-state index < -0.39 is 29.7 Å². The Hall–Kier alpha value is -3.05. The monoisotopic (exact) mass is 591 g/mol. The number of aryl methyl sites for hydroxylation is 1. The largest absolute Gasteiger partial charge is 0.464 e. The van der Waals surface area contributed by atoms with Gasteiger partial charge < -0.3 is 30.1 Å². The number of hydrogen-bond donors (Lipinski definition) is 3. The summed E-state index contributed by atoms with van der Waals surface area (Å²) in [4.78, 5) is 49.3. The van der Waals surface area contributed by atoms with Gasteiger partial charge in [-0.2, -0.15) is 11.8 Å². The van der Waals surface area contributed by atoms with E-state index in [0.29, 0.717) is 25.8 Å². The summed E-state index contributed by atoms with van der Waals surface area (Å²) in [6.07, 6.45) is 5.86. The molecule has 10 nitrogen and oxygen atoms in total. The molecule has 0 bridgehead atoms. The van der Waals surface area contributed by atoms with E-state index in [9.17, 15) is 24.3 Å². The molecule has 0 aromatic heterocycles. The van der Waals surface area contributed by atoms with Crippen LogP contribution in [0.15, 0.2) is 36.4 Å². The Bertz CT molecular complexity index is 1040. The van der Waals surface area contributed by atoms with Gasteiger partial charge in [-0.3, -0.25) is 14.4 Å². The predicted octanol–water partition coefficient (Wildman–Crippen LogP) is 3.14. The van der Waals surface area contributed by atoms with Crippen LogP contribution in [0.1, 0.15) is 57.6 Å². The SMILES string of the molecule is Cc1cccc(C[C@H](O)/C=C/[C@H]2CCC(=O)N2CCSCCCCOC(=O)CNC(=O)CNC(=O)OC(C)(C)C)c1. The van der Waals surface area contributed by atoms with E-state index >= 15 is 0 Å². The highest BCUT2D eigenvalue weighted by atomic mass is 32.2. The van der Waals surface area contributed by atoms with Crippen LogP contribution in [0.3, 0.4) is 0 Å². The second-order valence-corrected chi connectivity index (χ2v) is 12.2. The number of aliphatic hydroxyl groups is 1. The van der Waals surface area contributed by atoms with E-state index in [1.54, 1.807) is 38.6 Å². The van der Waals surface area contributed by atoms with Crippen LogP contribution in [0, 0.1) is 6.92 Å². The molecule has 1 fully saturated rings. The first-order valence-corrected chi connectivity index (χ1v) is 15.3. The molecule has 11 heteroatoms. The molecular formula is C30H45N3O7S. The van der Waals surface area contributed by atoms with E-state index in [4.69, 9.17) is 9.47 Å². The Morgan fingerprint density at radius 1 is 1.17 bits per heavy atom. The Morgan fingerprint density at radius 3 is 2.68 bits per heavy atom. The average molecular weight is 592 g/mol. The van der Waals surface area contributed by atoms with Gasteiger partial charge in [0.25, 0.3) is 0 Å². The fourth-order valence-corrected chi connectivity index (χ4v) is 5.10. The number of unbranched alkanes of at least 4 members (excludes halogenated alkanes) is 1. The summed E-state index contributed by atoms with van der Waals surface area (Å²) in [5.74, 6) is 0.775. The Morgan fingerprint density at radius 2 is 1.95 bits per heavy atom. The lowest BCUT2D eigenvalue weighted by Gasteiger charge is -2.22. The van der Waals surface area contributed by atoms with E-state index in [0.717, 1.165) is 35.5 Å². The van der Waals surface area contributed by atoms with Crippen LogP contribution in [0.2, 0.25) is 0 Å². The predicted molar refractivity (Wildman–Crippen MR) is 160 cm³/mol. The molecule has 0 saturated carbocycles. The molecule has 1 aliphatic rings. The fraction of sp³-hybridized carbons (Fsp3) is 0.600. The number of likely N-dealkylation sites (tertiary alicyclic amines) is 1. The summed E-state index contributed by atoms with van der Waals surface area (Å²) in [5.41, 5.74) is 1.59. The molecule has 1 aromatic carbocycles. The van der Waals surface area contributed by atoms with Crippen molar-refractivity contribution in [3.63, 3.8) is 0 Å². The van der Waals surface area contributed by atoms with Gasteiger partial charge in [0, 0.05) is 25.1 Å². The molecule has 1 aliphatic heterocycles. The van der Waals surface area contributed by atoms with Crippen molar-refractivity contribution >= 4 is 35.6 Å². The molecule has 228 valence electrons. The fourth-order valence-electron chi connectivity index (χ4n) is 4.16. The molecule has 3 amide bonds. The smallest absolute Gasteiger partial charge is 0.408 e. The number of ether oxygens (including phenoxy) is 2. The van der Waals surface area contributed by atoms with Crippen molar-refractivity contribution in [1.29, 1.82) is 0 Å². The Kier molecular flexibility index (Phi) is 14.7. The van der Waals surface area contributed by atoms with Crippen LogP contribution >= 0.6 is 11.8 Å². The third kappa shape index (κ3) is 14.9. The second kappa shape index (κ2) is 17.7. The zero-order chi connectivity index (χ0) is 30.3. The highest BCUT2D eigenvalue weighted by Gasteiger charge is 2.28. The number of hydrogen-bond acceptors (Lipinski definition) is 8. The number of aliphatic hydroxyl groups excluding tert-OH is 1. The van der Waals surface area contributed by atoms with E-state index in [-0.39, 0.29) is 31.6 Å².